The van der Waals surface area contributed by atoms with Gasteiger partial charge in [-0.05, 0) is 50.2 Å². The summed E-state index contributed by atoms with van der Waals surface area (Å²) in [6.07, 6.45) is 7.95. The zero-order valence-corrected chi connectivity index (χ0v) is 15.0. The van der Waals surface area contributed by atoms with E-state index in [0.29, 0.717) is 12.1 Å². The number of amides is 1. The summed E-state index contributed by atoms with van der Waals surface area (Å²) < 4.78 is 5.57. The molecule has 0 aliphatic carbocycles. The van der Waals surface area contributed by atoms with Crippen molar-refractivity contribution in [3.8, 4) is 0 Å². The highest BCUT2D eigenvalue weighted by Crippen LogP contribution is 2.24. The lowest BCUT2D eigenvalue weighted by molar-refractivity contribution is -0.385. The number of nitrogens with zero attached hydrogens (tertiary/aromatic N) is 2. The average molecular weight is 369 g/mol. The predicted octanol–water partition coefficient (Wildman–Crippen LogP) is 3.54. The summed E-state index contributed by atoms with van der Waals surface area (Å²) >= 11 is 0. The molecule has 1 aromatic carbocycles. The van der Waals surface area contributed by atoms with Crippen LogP contribution < -0.4 is 5.32 Å². The van der Waals surface area contributed by atoms with Crippen LogP contribution >= 0.6 is 0 Å². The second-order valence-electron chi connectivity index (χ2n) is 6.52. The number of carbonyl (C=O) groups is 1. The van der Waals surface area contributed by atoms with Gasteiger partial charge in [0.1, 0.15) is 5.76 Å². The zero-order valence-electron chi connectivity index (χ0n) is 15.0. The average Bonchev–Trinajstić information content (AvgIpc) is 3.22. The molecule has 1 aliphatic rings. The molecule has 0 bridgehead atoms. The summed E-state index contributed by atoms with van der Waals surface area (Å²) in [5, 5.41) is 13.9. The molecule has 1 amide bonds. The van der Waals surface area contributed by atoms with Gasteiger partial charge < -0.3 is 9.73 Å². The van der Waals surface area contributed by atoms with Crippen molar-refractivity contribution in [2.45, 2.75) is 25.3 Å². The van der Waals surface area contributed by atoms with Crippen molar-refractivity contribution in [1.82, 2.24) is 10.2 Å². The lowest BCUT2D eigenvalue weighted by Crippen LogP contribution is -2.40. The third-order valence-electron chi connectivity index (χ3n) is 4.72. The number of furan rings is 1. The van der Waals surface area contributed by atoms with Crippen molar-refractivity contribution in [2.24, 2.45) is 0 Å². The van der Waals surface area contributed by atoms with Crippen LogP contribution in [0.2, 0.25) is 0 Å². The number of likely N-dealkylation sites (tertiary alicyclic amines) is 1. The van der Waals surface area contributed by atoms with Gasteiger partial charge in [0.15, 0.2) is 0 Å². The van der Waals surface area contributed by atoms with Crippen LogP contribution in [0.4, 0.5) is 5.69 Å². The summed E-state index contributed by atoms with van der Waals surface area (Å²) in [7, 11) is 0. The summed E-state index contributed by atoms with van der Waals surface area (Å²) in [4.78, 5) is 25.2. The van der Waals surface area contributed by atoms with Crippen molar-refractivity contribution < 1.29 is 14.1 Å². The van der Waals surface area contributed by atoms with E-state index in [2.05, 4.69) is 10.2 Å². The Balaban J connectivity index is 1.63. The highest BCUT2D eigenvalue weighted by molar-refractivity contribution is 5.92. The van der Waals surface area contributed by atoms with Crippen molar-refractivity contribution in [3.63, 3.8) is 0 Å². The van der Waals surface area contributed by atoms with Crippen LogP contribution in [0.15, 0.2) is 53.2 Å². The molecular formula is C20H23N3O4. The van der Waals surface area contributed by atoms with Gasteiger partial charge in [-0.1, -0.05) is 18.6 Å². The van der Waals surface area contributed by atoms with Crippen LogP contribution in [0.3, 0.4) is 0 Å². The lowest BCUT2D eigenvalue weighted by Gasteiger charge is -2.33. The van der Waals surface area contributed by atoms with E-state index < -0.39 is 4.92 Å². The van der Waals surface area contributed by atoms with Gasteiger partial charge in [-0.15, -0.1) is 0 Å². The molecule has 1 N–H and O–H groups in total. The van der Waals surface area contributed by atoms with Crippen molar-refractivity contribution in [1.29, 1.82) is 0 Å². The van der Waals surface area contributed by atoms with Gasteiger partial charge in [-0.3, -0.25) is 19.8 Å². The third kappa shape index (κ3) is 5.04. The number of rotatable bonds is 7. The van der Waals surface area contributed by atoms with Gasteiger partial charge in [0.2, 0.25) is 5.91 Å². The minimum absolute atomic E-state index is 0.0105. The molecule has 1 fully saturated rings. The minimum atomic E-state index is -0.457. The van der Waals surface area contributed by atoms with Crippen LogP contribution in [0.5, 0.6) is 0 Å². The fourth-order valence-electron chi connectivity index (χ4n) is 3.34. The molecule has 1 unspecified atom stereocenters. The number of benzene rings is 1. The smallest absolute Gasteiger partial charge is 0.276 e. The molecular weight excluding hydrogens is 346 g/mol. The highest BCUT2D eigenvalue weighted by Gasteiger charge is 2.24. The Labute approximate surface area is 157 Å². The van der Waals surface area contributed by atoms with E-state index >= 15 is 0 Å². The molecule has 0 spiro atoms. The van der Waals surface area contributed by atoms with E-state index in [4.69, 9.17) is 4.42 Å². The maximum atomic E-state index is 12.2. The molecule has 2 aromatic rings. The number of para-hydroxylation sites is 1. The van der Waals surface area contributed by atoms with Gasteiger partial charge in [-0.25, -0.2) is 0 Å². The second kappa shape index (κ2) is 9.14. The fourth-order valence-corrected chi connectivity index (χ4v) is 3.34. The number of nitro benzene ring substituents is 1. The Kier molecular flexibility index (Phi) is 6.38. The topological polar surface area (TPSA) is 88.6 Å². The Morgan fingerprint density at radius 2 is 2.00 bits per heavy atom. The Morgan fingerprint density at radius 1 is 1.22 bits per heavy atom. The molecule has 1 saturated heterocycles. The van der Waals surface area contributed by atoms with E-state index in [1.807, 2.05) is 12.1 Å². The van der Waals surface area contributed by atoms with E-state index in [9.17, 15) is 14.9 Å². The SMILES string of the molecule is O=C(C=Cc1ccccc1[N+](=O)[O-])NCC(c1ccco1)N1CCCCC1. The summed E-state index contributed by atoms with van der Waals surface area (Å²) in [5.74, 6) is 0.543. The molecule has 0 radical (unpaired) electrons. The molecule has 0 saturated carbocycles. The highest BCUT2D eigenvalue weighted by atomic mass is 16.6. The number of piperidine rings is 1. The predicted molar refractivity (Wildman–Crippen MR) is 102 cm³/mol. The molecule has 27 heavy (non-hydrogen) atoms. The van der Waals surface area contributed by atoms with Crippen LogP contribution in [0.25, 0.3) is 6.08 Å². The van der Waals surface area contributed by atoms with Gasteiger partial charge in [0, 0.05) is 18.7 Å². The standard InChI is InChI=1S/C20H23N3O4/c24-20(11-10-16-7-2-3-8-17(16)23(25)26)21-15-18(19-9-6-14-27-19)22-12-4-1-5-13-22/h2-3,6-11,14,18H,1,4-5,12-13,15H2,(H,21,24). The Bertz CT molecular complexity index is 795. The normalized spacial score (nSPS) is 16.3. The zero-order chi connectivity index (χ0) is 19.1. The van der Waals surface area contributed by atoms with Gasteiger partial charge >= 0.3 is 0 Å². The second-order valence-corrected chi connectivity index (χ2v) is 6.52. The van der Waals surface area contributed by atoms with Gasteiger partial charge in [-0.2, -0.15) is 0 Å². The van der Waals surface area contributed by atoms with E-state index in [1.165, 1.54) is 24.6 Å². The lowest BCUT2D eigenvalue weighted by atomic mass is 10.1. The fraction of sp³-hybridized carbons (Fsp3) is 0.350. The van der Waals surface area contributed by atoms with E-state index in [-0.39, 0.29) is 17.6 Å². The first kappa shape index (κ1) is 18.8. The first-order valence-corrected chi connectivity index (χ1v) is 9.12. The van der Waals surface area contributed by atoms with Crippen LogP contribution in [-0.4, -0.2) is 35.4 Å². The van der Waals surface area contributed by atoms with Gasteiger partial charge in [0.05, 0.1) is 22.8 Å². The van der Waals surface area contributed by atoms with Crippen molar-refractivity contribution in [2.75, 3.05) is 19.6 Å². The molecule has 2 heterocycles. The Morgan fingerprint density at radius 3 is 2.70 bits per heavy atom. The van der Waals surface area contributed by atoms with Crippen molar-refractivity contribution >= 4 is 17.7 Å². The number of hydrogen-bond donors (Lipinski definition) is 1. The van der Waals surface area contributed by atoms with Gasteiger partial charge in [0.25, 0.3) is 5.69 Å². The monoisotopic (exact) mass is 369 g/mol. The molecule has 1 aliphatic heterocycles. The summed E-state index contributed by atoms with van der Waals surface area (Å²) in [5.41, 5.74) is 0.375. The first-order chi connectivity index (χ1) is 13.1. The Hall–Kier alpha value is -2.93. The van der Waals surface area contributed by atoms with Crippen molar-refractivity contribution in [3.05, 3.63) is 70.2 Å². The molecule has 142 valence electrons. The summed E-state index contributed by atoms with van der Waals surface area (Å²) in [6, 6.07) is 10.1. The minimum Gasteiger partial charge on any atom is -0.468 e. The first-order valence-electron chi connectivity index (χ1n) is 9.12. The third-order valence-corrected chi connectivity index (χ3v) is 4.72. The molecule has 3 rings (SSSR count). The molecule has 7 heteroatoms. The van der Waals surface area contributed by atoms with E-state index in [1.54, 1.807) is 24.5 Å². The molecule has 7 nitrogen and oxygen atoms in total. The number of hydrogen-bond acceptors (Lipinski definition) is 5. The van der Waals surface area contributed by atoms with Crippen LogP contribution in [-0.2, 0) is 4.79 Å². The molecule has 1 aromatic heterocycles. The molecule has 1 atom stereocenters. The number of carbonyl (C=O) groups excluding carboxylic acids is 1. The maximum Gasteiger partial charge on any atom is 0.276 e. The quantitative estimate of drug-likeness (QED) is 0.458. The van der Waals surface area contributed by atoms with Crippen LogP contribution in [0, 0.1) is 10.1 Å². The largest absolute Gasteiger partial charge is 0.468 e. The van der Waals surface area contributed by atoms with Crippen LogP contribution in [0.1, 0.15) is 36.6 Å². The van der Waals surface area contributed by atoms with E-state index in [0.717, 1.165) is 31.7 Å². The number of nitro groups is 1. The summed E-state index contributed by atoms with van der Waals surface area (Å²) in [6.45, 7) is 2.38. The maximum absolute atomic E-state index is 12.2. The number of nitrogens with one attached hydrogen (secondary N) is 1.